The van der Waals surface area contributed by atoms with Crippen LogP contribution in [0.5, 0.6) is 0 Å². The van der Waals surface area contributed by atoms with Crippen LogP contribution in [-0.2, 0) is 6.54 Å². The Kier molecular flexibility index (Phi) is 1.37. The number of fused-ring (bicyclic) bond motifs is 1. The van der Waals surface area contributed by atoms with Crippen molar-refractivity contribution in [3.05, 3.63) is 17.5 Å². The van der Waals surface area contributed by atoms with Crippen molar-refractivity contribution in [1.82, 2.24) is 14.7 Å². The molecule has 0 bridgehead atoms. The molecular weight excluding hydrogens is 162 g/mol. The number of hydrogen-bond acceptors (Lipinski definition) is 2. The summed E-state index contributed by atoms with van der Waals surface area (Å²) in [4.78, 5) is 2.34. The van der Waals surface area contributed by atoms with Crippen molar-refractivity contribution < 1.29 is 0 Å². The molecule has 0 saturated heterocycles. The van der Waals surface area contributed by atoms with Gasteiger partial charge in [-0.3, -0.25) is 9.58 Å². The topological polar surface area (TPSA) is 21.1 Å². The van der Waals surface area contributed by atoms with Gasteiger partial charge in [0.05, 0.1) is 17.8 Å². The summed E-state index contributed by atoms with van der Waals surface area (Å²) < 4.78 is 2.17. The van der Waals surface area contributed by atoms with Crippen molar-refractivity contribution in [2.24, 2.45) is 0 Å². The molecule has 2 heterocycles. The lowest BCUT2D eigenvalue weighted by molar-refractivity contribution is 0.278. The van der Waals surface area contributed by atoms with Crippen molar-refractivity contribution in [2.45, 2.75) is 38.4 Å². The van der Waals surface area contributed by atoms with Gasteiger partial charge in [-0.1, -0.05) is 0 Å². The zero-order valence-electron chi connectivity index (χ0n) is 8.20. The molecule has 3 heteroatoms. The standard InChI is InChI=1S/C10H15N3/c1-7-10-8(5-12(7)2)6-13(11-10)9-3-4-9/h6-7,9H,3-5H2,1-2H3. The zero-order valence-corrected chi connectivity index (χ0v) is 8.20. The largest absolute Gasteiger partial charge is 0.294 e. The highest BCUT2D eigenvalue weighted by Crippen LogP contribution is 2.37. The third-order valence-electron chi connectivity index (χ3n) is 3.24. The van der Waals surface area contributed by atoms with Gasteiger partial charge >= 0.3 is 0 Å². The van der Waals surface area contributed by atoms with Gasteiger partial charge in [-0.2, -0.15) is 5.10 Å². The highest BCUT2D eigenvalue weighted by molar-refractivity contribution is 5.25. The number of hydrogen-bond donors (Lipinski definition) is 0. The molecule has 1 aliphatic carbocycles. The van der Waals surface area contributed by atoms with Gasteiger partial charge in [0.25, 0.3) is 0 Å². The van der Waals surface area contributed by atoms with Crippen molar-refractivity contribution in [2.75, 3.05) is 7.05 Å². The molecular formula is C10H15N3. The van der Waals surface area contributed by atoms with E-state index in [9.17, 15) is 0 Å². The van der Waals surface area contributed by atoms with E-state index in [4.69, 9.17) is 0 Å². The minimum Gasteiger partial charge on any atom is -0.294 e. The monoisotopic (exact) mass is 177 g/mol. The Morgan fingerprint density at radius 1 is 1.46 bits per heavy atom. The van der Waals surface area contributed by atoms with Crippen LogP contribution in [0.25, 0.3) is 0 Å². The van der Waals surface area contributed by atoms with E-state index in [1.807, 2.05) is 0 Å². The summed E-state index contributed by atoms with van der Waals surface area (Å²) in [5.41, 5.74) is 2.73. The van der Waals surface area contributed by atoms with Crippen LogP contribution in [0, 0.1) is 0 Å². The first-order valence-electron chi connectivity index (χ1n) is 5.04. The highest BCUT2D eigenvalue weighted by atomic mass is 15.3. The molecule has 0 amide bonds. The van der Waals surface area contributed by atoms with Gasteiger partial charge in [0.15, 0.2) is 0 Å². The first-order valence-corrected chi connectivity index (χ1v) is 5.04. The fourth-order valence-electron chi connectivity index (χ4n) is 2.06. The lowest BCUT2D eigenvalue weighted by atomic mass is 10.2. The second-order valence-electron chi connectivity index (χ2n) is 4.34. The molecule has 70 valence electrons. The summed E-state index contributed by atoms with van der Waals surface area (Å²) in [5, 5.41) is 4.66. The molecule has 0 spiro atoms. The lowest BCUT2D eigenvalue weighted by Gasteiger charge is -2.14. The summed E-state index contributed by atoms with van der Waals surface area (Å²) >= 11 is 0. The Bertz CT molecular complexity index is 338. The second-order valence-corrected chi connectivity index (χ2v) is 4.34. The molecule has 1 aromatic rings. The molecule has 0 N–H and O–H groups in total. The Morgan fingerprint density at radius 3 is 2.85 bits per heavy atom. The van der Waals surface area contributed by atoms with Crippen LogP contribution in [-0.4, -0.2) is 21.7 Å². The SMILES string of the molecule is CC1c2nn(C3CC3)cc2CN1C. The van der Waals surface area contributed by atoms with Gasteiger partial charge in [0.1, 0.15) is 0 Å². The van der Waals surface area contributed by atoms with E-state index in [0.717, 1.165) is 12.6 Å². The van der Waals surface area contributed by atoms with Crippen molar-refractivity contribution in [1.29, 1.82) is 0 Å². The van der Waals surface area contributed by atoms with Gasteiger partial charge in [-0.25, -0.2) is 0 Å². The fraction of sp³-hybridized carbons (Fsp3) is 0.700. The zero-order chi connectivity index (χ0) is 9.00. The normalized spacial score (nSPS) is 28.0. The molecule has 0 aromatic carbocycles. The Labute approximate surface area is 78.3 Å². The van der Waals surface area contributed by atoms with E-state index in [2.05, 4.69) is 34.8 Å². The molecule has 0 radical (unpaired) electrons. The predicted molar refractivity (Wildman–Crippen MR) is 50.4 cm³/mol. The second kappa shape index (κ2) is 2.35. The summed E-state index contributed by atoms with van der Waals surface area (Å²) in [6.07, 6.45) is 4.89. The van der Waals surface area contributed by atoms with Gasteiger partial charge in [-0.05, 0) is 26.8 Å². The first-order chi connectivity index (χ1) is 6.25. The highest BCUT2D eigenvalue weighted by Gasteiger charge is 2.31. The van der Waals surface area contributed by atoms with Crippen molar-refractivity contribution in [3.8, 4) is 0 Å². The van der Waals surface area contributed by atoms with E-state index >= 15 is 0 Å². The maximum Gasteiger partial charge on any atom is 0.0838 e. The summed E-state index contributed by atoms with van der Waals surface area (Å²) in [6, 6.07) is 1.23. The van der Waals surface area contributed by atoms with Crippen LogP contribution < -0.4 is 0 Å². The molecule has 1 fully saturated rings. The van der Waals surface area contributed by atoms with Gasteiger partial charge < -0.3 is 0 Å². The lowest BCUT2D eigenvalue weighted by Crippen LogP contribution is -2.15. The van der Waals surface area contributed by atoms with E-state index in [1.165, 1.54) is 24.1 Å². The molecule has 13 heavy (non-hydrogen) atoms. The fourth-order valence-corrected chi connectivity index (χ4v) is 2.06. The summed E-state index contributed by atoms with van der Waals surface area (Å²) in [6.45, 7) is 3.30. The number of aromatic nitrogens is 2. The molecule has 1 unspecified atom stereocenters. The smallest absolute Gasteiger partial charge is 0.0838 e. The minimum atomic E-state index is 0.509. The maximum atomic E-state index is 4.66. The molecule has 1 saturated carbocycles. The van der Waals surface area contributed by atoms with Crippen LogP contribution in [0.15, 0.2) is 6.20 Å². The van der Waals surface area contributed by atoms with Gasteiger partial charge in [0.2, 0.25) is 0 Å². The molecule has 3 nitrogen and oxygen atoms in total. The third-order valence-corrected chi connectivity index (χ3v) is 3.24. The summed E-state index contributed by atoms with van der Waals surface area (Å²) in [7, 11) is 2.16. The molecule has 3 rings (SSSR count). The van der Waals surface area contributed by atoms with E-state index in [1.54, 1.807) is 0 Å². The van der Waals surface area contributed by atoms with Crippen molar-refractivity contribution >= 4 is 0 Å². The van der Waals surface area contributed by atoms with Crippen LogP contribution in [0.2, 0.25) is 0 Å². The van der Waals surface area contributed by atoms with Crippen LogP contribution in [0.1, 0.15) is 43.1 Å². The van der Waals surface area contributed by atoms with E-state index in [-0.39, 0.29) is 0 Å². The third kappa shape index (κ3) is 1.03. The quantitative estimate of drug-likeness (QED) is 0.651. The number of nitrogens with zero attached hydrogens (tertiary/aromatic N) is 3. The first kappa shape index (κ1) is 7.56. The average molecular weight is 177 g/mol. The predicted octanol–water partition coefficient (Wildman–Crippen LogP) is 1.72. The van der Waals surface area contributed by atoms with Gasteiger partial charge in [-0.15, -0.1) is 0 Å². The van der Waals surface area contributed by atoms with E-state index in [0.29, 0.717) is 6.04 Å². The molecule has 1 atom stereocenters. The van der Waals surface area contributed by atoms with Crippen LogP contribution in [0.4, 0.5) is 0 Å². The van der Waals surface area contributed by atoms with Crippen LogP contribution in [0.3, 0.4) is 0 Å². The van der Waals surface area contributed by atoms with Crippen molar-refractivity contribution in [3.63, 3.8) is 0 Å². The van der Waals surface area contributed by atoms with Gasteiger partial charge in [0, 0.05) is 18.3 Å². The maximum absolute atomic E-state index is 4.66. The Balaban J connectivity index is 1.98. The molecule has 1 aromatic heterocycles. The minimum absolute atomic E-state index is 0.509. The van der Waals surface area contributed by atoms with Crippen LogP contribution >= 0.6 is 0 Å². The number of rotatable bonds is 1. The molecule has 1 aliphatic heterocycles. The van der Waals surface area contributed by atoms with E-state index < -0.39 is 0 Å². The Morgan fingerprint density at radius 2 is 2.23 bits per heavy atom. The molecule has 2 aliphatic rings. The summed E-state index contributed by atoms with van der Waals surface area (Å²) in [5.74, 6) is 0. The Hall–Kier alpha value is -0.830. The average Bonchev–Trinajstić information content (AvgIpc) is 2.82.